The van der Waals surface area contributed by atoms with Gasteiger partial charge in [0.25, 0.3) is 0 Å². The maximum atomic E-state index is 13.5. The van der Waals surface area contributed by atoms with Gasteiger partial charge in [-0.2, -0.15) is 5.10 Å². The Balaban J connectivity index is 1.44. The maximum Gasteiger partial charge on any atom is 0.320 e. The van der Waals surface area contributed by atoms with Crippen LogP contribution in [-0.2, 0) is 10.0 Å². The first-order valence-corrected chi connectivity index (χ1v) is 10.3. The molecule has 1 saturated carbocycles. The summed E-state index contributed by atoms with van der Waals surface area (Å²) in [7, 11) is -3.71. The van der Waals surface area contributed by atoms with E-state index in [4.69, 9.17) is 0 Å². The van der Waals surface area contributed by atoms with E-state index in [0.29, 0.717) is 17.4 Å². The first kappa shape index (κ1) is 19.2. The van der Waals surface area contributed by atoms with Crippen molar-refractivity contribution in [3.05, 3.63) is 41.8 Å². The SMILES string of the molecule is Cc1ccc(NS(=O)(=O)CCNC(=O)Nc2ccn(C3CCC3)n2)cc1F. The summed E-state index contributed by atoms with van der Waals surface area (Å²) in [5, 5.41) is 9.31. The number of carbonyl (C=O) groups excluding carboxylic acids is 1. The molecule has 0 radical (unpaired) electrons. The van der Waals surface area contributed by atoms with Crippen LogP contribution >= 0.6 is 0 Å². The predicted octanol–water partition coefficient (Wildman–Crippen LogP) is 2.62. The molecule has 0 bridgehead atoms. The second-order valence-corrected chi connectivity index (χ2v) is 8.37. The van der Waals surface area contributed by atoms with E-state index in [1.165, 1.54) is 18.6 Å². The number of hydrogen-bond acceptors (Lipinski definition) is 4. The van der Waals surface area contributed by atoms with Crippen molar-refractivity contribution in [1.82, 2.24) is 15.1 Å². The monoisotopic (exact) mass is 395 g/mol. The Morgan fingerprint density at radius 2 is 2.11 bits per heavy atom. The van der Waals surface area contributed by atoms with Crippen LogP contribution in [0.1, 0.15) is 30.9 Å². The highest BCUT2D eigenvalue weighted by atomic mass is 32.2. The third-order valence-corrected chi connectivity index (χ3v) is 5.69. The number of rotatable bonds is 7. The van der Waals surface area contributed by atoms with E-state index in [-0.39, 0.29) is 18.0 Å². The van der Waals surface area contributed by atoms with Gasteiger partial charge in [-0.15, -0.1) is 0 Å². The molecule has 3 N–H and O–H groups in total. The van der Waals surface area contributed by atoms with Gasteiger partial charge in [0, 0.05) is 18.8 Å². The molecule has 1 aromatic heterocycles. The van der Waals surface area contributed by atoms with E-state index < -0.39 is 21.9 Å². The number of nitrogens with one attached hydrogen (secondary N) is 3. The number of aryl methyl sites for hydroxylation is 1. The molecule has 27 heavy (non-hydrogen) atoms. The molecule has 2 amide bonds. The number of halogens is 1. The average Bonchev–Trinajstić information content (AvgIpc) is 2.96. The van der Waals surface area contributed by atoms with Crippen LogP contribution in [0.15, 0.2) is 30.5 Å². The summed E-state index contributed by atoms with van der Waals surface area (Å²) >= 11 is 0. The van der Waals surface area contributed by atoms with E-state index in [0.717, 1.165) is 18.9 Å². The van der Waals surface area contributed by atoms with Crippen LogP contribution < -0.4 is 15.4 Å². The highest BCUT2D eigenvalue weighted by molar-refractivity contribution is 7.92. The Morgan fingerprint density at radius 3 is 2.78 bits per heavy atom. The first-order valence-electron chi connectivity index (χ1n) is 8.69. The van der Waals surface area contributed by atoms with Crippen LogP contribution in [0.25, 0.3) is 0 Å². The van der Waals surface area contributed by atoms with Crippen LogP contribution in [0, 0.1) is 12.7 Å². The first-order chi connectivity index (χ1) is 12.8. The number of benzene rings is 1. The molecule has 0 saturated heterocycles. The Bertz CT molecular complexity index is 924. The third kappa shape index (κ3) is 5.19. The molecule has 10 heteroatoms. The smallest absolute Gasteiger partial charge is 0.320 e. The van der Waals surface area contributed by atoms with Crippen molar-refractivity contribution in [2.75, 3.05) is 22.3 Å². The van der Waals surface area contributed by atoms with Crippen LogP contribution in [0.3, 0.4) is 0 Å². The molecule has 1 aliphatic rings. The molecule has 3 rings (SSSR count). The van der Waals surface area contributed by atoms with Gasteiger partial charge < -0.3 is 5.32 Å². The van der Waals surface area contributed by atoms with Crippen LogP contribution in [0.2, 0.25) is 0 Å². The fraction of sp³-hybridized carbons (Fsp3) is 0.412. The second kappa shape index (κ2) is 7.95. The molecule has 8 nitrogen and oxygen atoms in total. The van der Waals surface area contributed by atoms with Crippen molar-refractivity contribution in [3.8, 4) is 0 Å². The Kier molecular flexibility index (Phi) is 5.64. The van der Waals surface area contributed by atoms with Crippen molar-refractivity contribution in [2.24, 2.45) is 0 Å². The van der Waals surface area contributed by atoms with E-state index >= 15 is 0 Å². The normalized spacial score (nSPS) is 14.4. The van der Waals surface area contributed by atoms with Crippen LogP contribution in [0.5, 0.6) is 0 Å². The molecular weight excluding hydrogens is 373 g/mol. The molecule has 0 spiro atoms. The van der Waals surface area contributed by atoms with E-state index in [1.54, 1.807) is 13.0 Å². The number of sulfonamides is 1. The fourth-order valence-electron chi connectivity index (χ4n) is 2.61. The number of nitrogens with zero attached hydrogens (tertiary/aromatic N) is 2. The summed E-state index contributed by atoms with van der Waals surface area (Å²) in [4.78, 5) is 11.9. The molecule has 0 unspecified atom stereocenters. The average molecular weight is 395 g/mol. The van der Waals surface area contributed by atoms with Gasteiger partial charge in [-0.05, 0) is 43.9 Å². The molecule has 1 fully saturated rings. The number of amides is 2. The minimum atomic E-state index is -3.71. The van der Waals surface area contributed by atoms with Gasteiger partial charge in [0.1, 0.15) is 5.82 Å². The lowest BCUT2D eigenvalue weighted by Crippen LogP contribution is -2.34. The zero-order chi connectivity index (χ0) is 19.4. The molecule has 1 aromatic carbocycles. The minimum Gasteiger partial charge on any atom is -0.337 e. The molecule has 146 valence electrons. The summed E-state index contributed by atoms with van der Waals surface area (Å²) < 4.78 is 41.7. The highest BCUT2D eigenvalue weighted by Crippen LogP contribution is 2.31. The maximum absolute atomic E-state index is 13.5. The van der Waals surface area contributed by atoms with Crippen molar-refractivity contribution in [3.63, 3.8) is 0 Å². The fourth-order valence-corrected chi connectivity index (χ4v) is 3.56. The van der Waals surface area contributed by atoms with Gasteiger partial charge in [0.05, 0.1) is 17.5 Å². The second-order valence-electron chi connectivity index (χ2n) is 6.53. The van der Waals surface area contributed by atoms with Crippen LogP contribution in [-0.4, -0.2) is 36.5 Å². The molecule has 1 aliphatic carbocycles. The molecular formula is C17H22FN5O3S. The van der Waals surface area contributed by atoms with Gasteiger partial charge in [-0.1, -0.05) is 6.07 Å². The van der Waals surface area contributed by atoms with Crippen molar-refractivity contribution < 1.29 is 17.6 Å². The molecule has 1 heterocycles. The van der Waals surface area contributed by atoms with Crippen molar-refractivity contribution in [1.29, 1.82) is 0 Å². The summed E-state index contributed by atoms with van der Waals surface area (Å²) in [6, 6.07) is 5.64. The van der Waals surface area contributed by atoms with E-state index in [1.807, 2.05) is 10.9 Å². The Hall–Kier alpha value is -2.62. The lowest BCUT2D eigenvalue weighted by Gasteiger charge is -2.25. The zero-order valence-corrected chi connectivity index (χ0v) is 15.7. The predicted molar refractivity (Wildman–Crippen MR) is 101 cm³/mol. The van der Waals surface area contributed by atoms with Gasteiger partial charge in [0.2, 0.25) is 10.0 Å². The minimum absolute atomic E-state index is 0.0984. The number of carbonyl (C=O) groups is 1. The number of anilines is 2. The zero-order valence-electron chi connectivity index (χ0n) is 14.9. The van der Waals surface area contributed by atoms with Gasteiger partial charge >= 0.3 is 6.03 Å². The summed E-state index contributed by atoms with van der Waals surface area (Å²) in [5.41, 5.74) is 0.570. The molecule has 0 aliphatic heterocycles. The van der Waals surface area contributed by atoms with Gasteiger partial charge in [-0.3, -0.25) is 14.7 Å². The summed E-state index contributed by atoms with van der Waals surface area (Å²) in [5.74, 6) is -0.420. The lowest BCUT2D eigenvalue weighted by atomic mass is 9.93. The lowest BCUT2D eigenvalue weighted by molar-refractivity contribution is 0.252. The van der Waals surface area contributed by atoms with Crippen molar-refractivity contribution >= 4 is 27.6 Å². The van der Waals surface area contributed by atoms with Crippen molar-refractivity contribution in [2.45, 2.75) is 32.2 Å². The van der Waals surface area contributed by atoms with Gasteiger partial charge in [-0.25, -0.2) is 17.6 Å². The largest absolute Gasteiger partial charge is 0.337 e. The number of urea groups is 1. The Labute approximate surface area is 157 Å². The topological polar surface area (TPSA) is 105 Å². The van der Waals surface area contributed by atoms with E-state index in [9.17, 15) is 17.6 Å². The summed E-state index contributed by atoms with van der Waals surface area (Å²) in [6.07, 6.45) is 5.17. The molecule has 0 atom stereocenters. The quantitative estimate of drug-likeness (QED) is 0.670. The van der Waals surface area contributed by atoms with Gasteiger partial charge in [0.15, 0.2) is 5.82 Å². The highest BCUT2D eigenvalue weighted by Gasteiger charge is 2.20. The molecule has 2 aromatic rings. The number of hydrogen-bond donors (Lipinski definition) is 3. The standard InChI is InChI=1S/C17H22FN5O3S/c1-12-5-6-13(11-15(12)18)22-27(25,26)10-8-19-17(24)20-16-7-9-23(21-16)14-3-2-4-14/h5-7,9,11,14,22H,2-4,8,10H2,1H3,(H2,19,20,21,24). The Morgan fingerprint density at radius 1 is 1.33 bits per heavy atom. The number of aromatic nitrogens is 2. The third-order valence-electron chi connectivity index (χ3n) is 4.40. The van der Waals surface area contributed by atoms with E-state index in [2.05, 4.69) is 20.5 Å². The summed E-state index contributed by atoms with van der Waals surface area (Å²) in [6.45, 7) is 1.49. The van der Waals surface area contributed by atoms with Crippen LogP contribution in [0.4, 0.5) is 20.7 Å².